The maximum absolute atomic E-state index is 13.4. The summed E-state index contributed by atoms with van der Waals surface area (Å²) in [5.74, 6) is 0.788. The Morgan fingerprint density at radius 3 is 2.93 bits per heavy atom. The molecule has 0 saturated carbocycles. The van der Waals surface area contributed by atoms with Crippen LogP contribution in [0.3, 0.4) is 0 Å². The molecule has 1 aromatic heterocycles. The van der Waals surface area contributed by atoms with E-state index < -0.39 is 6.17 Å². The van der Waals surface area contributed by atoms with Crippen LogP contribution in [0.15, 0.2) is 10.8 Å². The summed E-state index contributed by atoms with van der Waals surface area (Å²) < 4.78 is 23.5. The Balaban J connectivity index is 1.97. The van der Waals surface area contributed by atoms with Crippen LogP contribution in [0, 0.1) is 6.92 Å². The zero-order valence-corrected chi connectivity index (χ0v) is 8.94. The van der Waals surface area contributed by atoms with E-state index in [9.17, 15) is 4.39 Å². The summed E-state index contributed by atoms with van der Waals surface area (Å²) in [6.07, 6.45) is 0.513. The van der Waals surface area contributed by atoms with E-state index in [1.54, 1.807) is 0 Å². The lowest BCUT2D eigenvalue weighted by atomic mass is 10.2. The highest BCUT2D eigenvalue weighted by molar-refractivity contribution is 5.04. The van der Waals surface area contributed by atoms with Crippen LogP contribution in [0.2, 0.25) is 0 Å². The van der Waals surface area contributed by atoms with E-state index in [1.807, 2.05) is 18.9 Å². The Bertz CT molecular complexity index is 329. The van der Waals surface area contributed by atoms with Crippen LogP contribution in [0.25, 0.3) is 0 Å². The van der Waals surface area contributed by atoms with Crippen LogP contribution in [0.5, 0.6) is 0 Å². The molecule has 2 heterocycles. The normalized spacial score (nSPS) is 26.4. The Morgan fingerprint density at radius 2 is 2.40 bits per heavy atom. The summed E-state index contributed by atoms with van der Waals surface area (Å²) in [7, 11) is 1.88. The number of aromatic nitrogens is 1. The van der Waals surface area contributed by atoms with Crippen molar-refractivity contribution in [1.82, 2.24) is 9.88 Å². The third-order valence-corrected chi connectivity index (χ3v) is 2.79. The molecule has 1 fully saturated rings. The minimum Gasteiger partial charge on any atom is -0.448 e. The molecule has 0 N–H and O–H groups in total. The number of likely N-dealkylation sites (N-methyl/N-ethyl adjacent to an activating group) is 1. The third kappa shape index (κ3) is 2.18. The van der Waals surface area contributed by atoms with E-state index in [0.717, 1.165) is 11.5 Å². The van der Waals surface area contributed by atoms with Crippen LogP contribution < -0.4 is 0 Å². The lowest BCUT2D eigenvalue weighted by Crippen LogP contribution is -2.38. The van der Waals surface area contributed by atoms with Gasteiger partial charge >= 0.3 is 0 Å². The molecule has 1 aliphatic heterocycles. The molecule has 0 aromatic carbocycles. The predicted molar refractivity (Wildman–Crippen MR) is 52.2 cm³/mol. The maximum atomic E-state index is 13.4. The van der Waals surface area contributed by atoms with Crippen LogP contribution in [0.4, 0.5) is 4.39 Å². The molecule has 0 unspecified atom stereocenters. The van der Waals surface area contributed by atoms with Crippen molar-refractivity contribution in [2.24, 2.45) is 0 Å². The van der Waals surface area contributed by atoms with E-state index in [0.29, 0.717) is 13.2 Å². The SMILES string of the molecule is Cc1ocnc1CN(C)[C@@H]1COC[C@H]1F. The van der Waals surface area contributed by atoms with Crippen molar-refractivity contribution < 1.29 is 13.5 Å². The first kappa shape index (κ1) is 10.6. The molecule has 1 saturated heterocycles. The summed E-state index contributed by atoms with van der Waals surface area (Å²) in [6.45, 7) is 3.10. The fourth-order valence-corrected chi connectivity index (χ4v) is 1.75. The standard InChI is InChI=1S/C10H15FN2O2/c1-7-9(12-6-15-7)3-13(2)10-5-14-4-8(10)11/h6,8,10H,3-5H2,1-2H3/t8-,10-/m1/s1. The summed E-state index contributed by atoms with van der Waals surface area (Å²) >= 11 is 0. The highest BCUT2D eigenvalue weighted by atomic mass is 19.1. The molecule has 0 bridgehead atoms. The summed E-state index contributed by atoms with van der Waals surface area (Å²) in [6, 6.07) is -0.166. The van der Waals surface area contributed by atoms with E-state index in [4.69, 9.17) is 9.15 Å². The predicted octanol–water partition coefficient (Wildman–Crippen LogP) is 1.15. The molecular weight excluding hydrogens is 199 g/mol. The van der Waals surface area contributed by atoms with Crippen molar-refractivity contribution >= 4 is 0 Å². The van der Waals surface area contributed by atoms with Gasteiger partial charge in [-0.3, -0.25) is 4.90 Å². The summed E-state index contributed by atoms with van der Waals surface area (Å²) in [5, 5.41) is 0. The van der Waals surface area contributed by atoms with Gasteiger partial charge in [0, 0.05) is 6.54 Å². The van der Waals surface area contributed by atoms with Gasteiger partial charge < -0.3 is 9.15 Å². The van der Waals surface area contributed by atoms with Crippen molar-refractivity contribution in [2.45, 2.75) is 25.7 Å². The number of aryl methyl sites for hydroxylation is 1. The van der Waals surface area contributed by atoms with Gasteiger partial charge in [0.1, 0.15) is 11.9 Å². The van der Waals surface area contributed by atoms with Crippen molar-refractivity contribution in [3.8, 4) is 0 Å². The smallest absolute Gasteiger partial charge is 0.181 e. The van der Waals surface area contributed by atoms with Gasteiger partial charge in [-0.1, -0.05) is 0 Å². The number of ether oxygens (including phenoxy) is 1. The molecule has 2 atom stereocenters. The largest absolute Gasteiger partial charge is 0.448 e. The summed E-state index contributed by atoms with van der Waals surface area (Å²) in [5.41, 5.74) is 0.858. The highest BCUT2D eigenvalue weighted by Crippen LogP contribution is 2.17. The van der Waals surface area contributed by atoms with Gasteiger partial charge in [0.15, 0.2) is 6.39 Å². The first-order chi connectivity index (χ1) is 7.18. The molecule has 0 amide bonds. The topological polar surface area (TPSA) is 38.5 Å². The fraction of sp³-hybridized carbons (Fsp3) is 0.700. The van der Waals surface area contributed by atoms with Gasteiger partial charge in [0.25, 0.3) is 0 Å². The monoisotopic (exact) mass is 214 g/mol. The van der Waals surface area contributed by atoms with Gasteiger partial charge in [-0.05, 0) is 14.0 Å². The number of hydrogen-bond acceptors (Lipinski definition) is 4. The van der Waals surface area contributed by atoms with Gasteiger partial charge in [-0.2, -0.15) is 0 Å². The number of rotatable bonds is 3. The molecule has 15 heavy (non-hydrogen) atoms. The third-order valence-electron chi connectivity index (χ3n) is 2.79. The average Bonchev–Trinajstić information content (AvgIpc) is 2.76. The Labute approximate surface area is 88.0 Å². The molecular formula is C10H15FN2O2. The second-order valence-electron chi connectivity index (χ2n) is 3.89. The first-order valence-corrected chi connectivity index (χ1v) is 4.99. The second kappa shape index (κ2) is 4.28. The molecule has 0 spiro atoms. The zero-order chi connectivity index (χ0) is 10.8. The number of nitrogens with zero attached hydrogens (tertiary/aromatic N) is 2. The van der Waals surface area contributed by atoms with Crippen LogP contribution in [-0.2, 0) is 11.3 Å². The first-order valence-electron chi connectivity index (χ1n) is 4.99. The Kier molecular flexibility index (Phi) is 3.02. The van der Waals surface area contributed by atoms with Gasteiger partial charge in [0.05, 0.1) is 24.9 Å². The molecule has 0 aliphatic carbocycles. The minimum absolute atomic E-state index is 0.166. The lowest BCUT2D eigenvalue weighted by molar-refractivity contribution is 0.152. The van der Waals surface area contributed by atoms with Crippen LogP contribution in [-0.4, -0.2) is 42.4 Å². The van der Waals surface area contributed by atoms with E-state index in [-0.39, 0.29) is 12.6 Å². The highest BCUT2D eigenvalue weighted by Gasteiger charge is 2.31. The molecule has 2 rings (SSSR count). The van der Waals surface area contributed by atoms with Crippen LogP contribution >= 0.6 is 0 Å². The number of halogens is 1. The van der Waals surface area contributed by atoms with Gasteiger partial charge in [-0.25, -0.2) is 9.37 Å². The molecule has 1 aromatic rings. The van der Waals surface area contributed by atoms with E-state index in [2.05, 4.69) is 4.98 Å². The summed E-state index contributed by atoms with van der Waals surface area (Å²) in [4.78, 5) is 6.00. The quantitative estimate of drug-likeness (QED) is 0.756. The second-order valence-corrected chi connectivity index (χ2v) is 3.89. The molecule has 84 valence electrons. The van der Waals surface area contributed by atoms with Crippen molar-refractivity contribution in [3.05, 3.63) is 17.8 Å². The van der Waals surface area contributed by atoms with Crippen molar-refractivity contribution in [2.75, 3.05) is 20.3 Å². The Hall–Kier alpha value is -0.940. The van der Waals surface area contributed by atoms with Crippen molar-refractivity contribution in [3.63, 3.8) is 0 Å². The van der Waals surface area contributed by atoms with E-state index >= 15 is 0 Å². The Morgan fingerprint density at radius 1 is 1.60 bits per heavy atom. The molecule has 1 aliphatic rings. The number of hydrogen-bond donors (Lipinski definition) is 0. The van der Waals surface area contributed by atoms with Gasteiger partial charge in [0.2, 0.25) is 0 Å². The molecule has 0 radical (unpaired) electrons. The average molecular weight is 214 g/mol. The van der Waals surface area contributed by atoms with Crippen molar-refractivity contribution in [1.29, 1.82) is 0 Å². The minimum atomic E-state index is -0.901. The van der Waals surface area contributed by atoms with E-state index in [1.165, 1.54) is 6.39 Å². The zero-order valence-electron chi connectivity index (χ0n) is 8.94. The molecule has 5 heteroatoms. The molecule has 4 nitrogen and oxygen atoms in total. The lowest BCUT2D eigenvalue weighted by Gasteiger charge is -2.23. The van der Waals surface area contributed by atoms with Gasteiger partial charge in [-0.15, -0.1) is 0 Å². The maximum Gasteiger partial charge on any atom is 0.181 e. The number of oxazole rings is 1. The fourth-order valence-electron chi connectivity index (χ4n) is 1.75. The van der Waals surface area contributed by atoms with Crippen LogP contribution in [0.1, 0.15) is 11.5 Å². The number of alkyl halides is 1.